The van der Waals surface area contributed by atoms with E-state index in [0.717, 1.165) is 5.57 Å². The Morgan fingerprint density at radius 3 is 2.79 bits per heavy atom. The van der Waals surface area contributed by atoms with Gasteiger partial charge in [0.05, 0.1) is 6.42 Å². The van der Waals surface area contributed by atoms with Gasteiger partial charge in [0.1, 0.15) is 11.5 Å². The second-order valence-corrected chi connectivity index (χ2v) is 4.02. The first kappa shape index (κ1) is 10.8. The van der Waals surface area contributed by atoms with Crippen molar-refractivity contribution in [2.75, 3.05) is 0 Å². The molecule has 78 valence electrons. The highest BCUT2D eigenvalue weighted by atomic mass is 16.6. The lowest BCUT2D eigenvalue weighted by Crippen LogP contribution is -2.36. The fourth-order valence-electron chi connectivity index (χ4n) is 1.86. The summed E-state index contributed by atoms with van der Waals surface area (Å²) >= 11 is 0. The molecule has 0 amide bonds. The summed E-state index contributed by atoms with van der Waals surface area (Å²) in [5.41, 5.74) is -0.108. The van der Waals surface area contributed by atoms with Gasteiger partial charge in [-0.05, 0) is 13.8 Å². The van der Waals surface area contributed by atoms with Crippen LogP contribution in [-0.4, -0.2) is 22.6 Å². The number of carboxylic acids is 1. The third-order valence-electron chi connectivity index (χ3n) is 2.41. The van der Waals surface area contributed by atoms with Gasteiger partial charge in [0.15, 0.2) is 0 Å². The molecule has 1 aliphatic heterocycles. The van der Waals surface area contributed by atoms with Gasteiger partial charge in [-0.15, -0.1) is 0 Å². The molecule has 1 N–H and O–H groups in total. The number of aliphatic carboxylic acids is 1. The summed E-state index contributed by atoms with van der Waals surface area (Å²) in [5, 5.41) is 8.92. The van der Waals surface area contributed by atoms with Gasteiger partial charge < -0.3 is 9.84 Å². The van der Waals surface area contributed by atoms with Crippen molar-refractivity contribution in [3.05, 3.63) is 12.2 Å². The Balaban J connectivity index is 2.88. The number of carboxylic acid groups (broad SMARTS) is 1. The minimum atomic E-state index is -0.986. The topological polar surface area (TPSA) is 63.6 Å². The lowest BCUT2D eigenvalue weighted by atomic mass is 9.84. The molecule has 0 aromatic rings. The van der Waals surface area contributed by atoms with E-state index in [0.29, 0.717) is 6.42 Å². The zero-order valence-corrected chi connectivity index (χ0v) is 8.37. The van der Waals surface area contributed by atoms with Gasteiger partial charge in [-0.2, -0.15) is 0 Å². The zero-order valence-electron chi connectivity index (χ0n) is 8.37. The standard InChI is InChI=1S/C10H14O4/c1-6(2)5-10(3)7(9(12)13)4-8(11)14-10/h7H,1,4-5H2,2-3H3,(H,12,13). The first-order valence-electron chi connectivity index (χ1n) is 4.44. The van der Waals surface area contributed by atoms with E-state index in [4.69, 9.17) is 9.84 Å². The number of cyclic esters (lactones) is 1. The van der Waals surface area contributed by atoms with E-state index < -0.39 is 23.5 Å². The Morgan fingerprint density at radius 1 is 1.79 bits per heavy atom. The van der Waals surface area contributed by atoms with Gasteiger partial charge in [-0.3, -0.25) is 9.59 Å². The molecule has 1 rings (SSSR count). The second-order valence-electron chi connectivity index (χ2n) is 4.02. The van der Waals surface area contributed by atoms with E-state index in [1.54, 1.807) is 13.8 Å². The highest BCUT2D eigenvalue weighted by molar-refractivity contribution is 5.83. The van der Waals surface area contributed by atoms with E-state index in [1.807, 2.05) is 0 Å². The number of rotatable bonds is 3. The summed E-state index contributed by atoms with van der Waals surface area (Å²) in [5.74, 6) is -2.19. The second kappa shape index (κ2) is 3.44. The van der Waals surface area contributed by atoms with Crippen LogP contribution in [0.25, 0.3) is 0 Å². The average molecular weight is 198 g/mol. The molecule has 1 heterocycles. The van der Waals surface area contributed by atoms with Crippen LogP contribution in [0.5, 0.6) is 0 Å². The van der Waals surface area contributed by atoms with Gasteiger partial charge in [0.25, 0.3) is 0 Å². The van der Waals surface area contributed by atoms with Gasteiger partial charge in [-0.1, -0.05) is 12.2 Å². The van der Waals surface area contributed by atoms with Crippen LogP contribution < -0.4 is 0 Å². The number of hydrogen-bond donors (Lipinski definition) is 1. The van der Waals surface area contributed by atoms with Gasteiger partial charge in [0, 0.05) is 6.42 Å². The molecule has 1 saturated heterocycles. The quantitative estimate of drug-likeness (QED) is 0.549. The fraction of sp³-hybridized carbons (Fsp3) is 0.600. The molecular weight excluding hydrogens is 184 g/mol. The predicted molar refractivity (Wildman–Crippen MR) is 49.7 cm³/mol. The molecule has 14 heavy (non-hydrogen) atoms. The molecule has 1 aliphatic rings. The Kier molecular flexibility index (Phi) is 2.64. The average Bonchev–Trinajstić information content (AvgIpc) is 2.23. The smallest absolute Gasteiger partial charge is 0.311 e. The third kappa shape index (κ3) is 1.95. The maximum Gasteiger partial charge on any atom is 0.311 e. The Hall–Kier alpha value is -1.32. The van der Waals surface area contributed by atoms with Crippen LogP contribution in [0.3, 0.4) is 0 Å². The SMILES string of the molecule is C=C(C)CC1(C)OC(=O)CC1C(=O)O. The molecule has 0 spiro atoms. The number of carbonyl (C=O) groups excluding carboxylic acids is 1. The molecule has 0 aromatic carbocycles. The maximum absolute atomic E-state index is 11.0. The predicted octanol–water partition coefficient (Wildman–Crippen LogP) is 1.36. The molecule has 4 nitrogen and oxygen atoms in total. The summed E-state index contributed by atoms with van der Waals surface area (Å²) in [6.45, 7) is 7.13. The molecule has 1 fully saturated rings. The molecule has 0 radical (unpaired) electrons. The first-order valence-corrected chi connectivity index (χ1v) is 4.44. The van der Waals surface area contributed by atoms with Gasteiger partial charge >= 0.3 is 11.9 Å². The van der Waals surface area contributed by atoms with Crippen LogP contribution in [0.15, 0.2) is 12.2 Å². The van der Waals surface area contributed by atoms with E-state index in [1.165, 1.54) is 0 Å². The number of esters is 1. The molecule has 4 heteroatoms. The monoisotopic (exact) mass is 198 g/mol. The largest absolute Gasteiger partial charge is 0.481 e. The summed E-state index contributed by atoms with van der Waals surface area (Å²) in [6, 6.07) is 0. The first-order chi connectivity index (χ1) is 6.35. The van der Waals surface area contributed by atoms with Crippen molar-refractivity contribution in [1.29, 1.82) is 0 Å². The number of ether oxygens (including phenoxy) is 1. The molecule has 2 atom stereocenters. The van der Waals surface area contributed by atoms with Gasteiger partial charge in [0.2, 0.25) is 0 Å². The van der Waals surface area contributed by atoms with E-state index in [9.17, 15) is 9.59 Å². The zero-order chi connectivity index (χ0) is 10.9. The Morgan fingerprint density at radius 2 is 2.36 bits per heavy atom. The highest BCUT2D eigenvalue weighted by Gasteiger charge is 2.49. The van der Waals surface area contributed by atoms with Crippen LogP contribution in [0.1, 0.15) is 26.7 Å². The van der Waals surface area contributed by atoms with Crippen molar-refractivity contribution in [1.82, 2.24) is 0 Å². The van der Waals surface area contributed by atoms with Crippen LogP contribution in [0.2, 0.25) is 0 Å². The lowest BCUT2D eigenvalue weighted by Gasteiger charge is -2.26. The van der Waals surface area contributed by atoms with Gasteiger partial charge in [-0.25, -0.2) is 0 Å². The minimum Gasteiger partial charge on any atom is -0.481 e. The third-order valence-corrected chi connectivity index (χ3v) is 2.41. The van der Waals surface area contributed by atoms with Crippen molar-refractivity contribution in [3.63, 3.8) is 0 Å². The number of hydrogen-bond acceptors (Lipinski definition) is 3. The lowest BCUT2D eigenvalue weighted by molar-refractivity contribution is -0.152. The molecular formula is C10H14O4. The minimum absolute atomic E-state index is 0.0425. The molecule has 0 bridgehead atoms. The highest BCUT2D eigenvalue weighted by Crippen LogP contribution is 2.37. The van der Waals surface area contributed by atoms with Crippen LogP contribution in [0.4, 0.5) is 0 Å². The normalized spacial score (nSPS) is 31.3. The van der Waals surface area contributed by atoms with Crippen molar-refractivity contribution in [3.8, 4) is 0 Å². The van der Waals surface area contributed by atoms with Crippen molar-refractivity contribution in [2.24, 2.45) is 5.92 Å². The van der Waals surface area contributed by atoms with Crippen molar-refractivity contribution in [2.45, 2.75) is 32.3 Å². The molecule has 0 aromatic heterocycles. The Bertz CT molecular complexity index is 294. The van der Waals surface area contributed by atoms with E-state index >= 15 is 0 Å². The molecule has 2 unspecified atom stereocenters. The maximum atomic E-state index is 11.0. The van der Waals surface area contributed by atoms with Crippen LogP contribution in [-0.2, 0) is 14.3 Å². The summed E-state index contributed by atoms with van der Waals surface area (Å²) < 4.78 is 5.05. The molecule has 0 aliphatic carbocycles. The van der Waals surface area contributed by atoms with E-state index in [-0.39, 0.29) is 6.42 Å². The van der Waals surface area contributed by atoms with Crippen LogP contribution >= 0.6 is 0 Å². The summed E-state index contributed by atoms with van der Waals surface area (Å²) in [7, 11) is 0. The van der Waals surface area contributed by atoms with E-state index in [2.05, 4.69) is 6.58 Å². The van der Waals surface area contributed by atoms with Crippen molar-refractivity contribution >= 4 is 11.9 Å². The summed E-state index contributed by atoms with van der Waals surface area (Å²) in [6.07, 6.45) is 0.356. The molecule has 0 saturated carbocycles. The summed E-state index contributed by atoms with van der Waals surface area (Å²) in [4.78, 5) is 21.9. The fourth-order valence-corrected chi connectivity index (χ4v) is 1.86. The van der Waals surface area contributed by atoms with Crippen molar-refractivity contribution < 1.29 is 19.4 Å². The van der Waals surface area contributed by atoms with Crippen LogP contribution in [0, 0.1) is 5.92 Å². The number of carbonyl (C=O) groups is 2. The Labute approximate surface area is 82.6 Å².